The molecule has 68 heavy (non-hydrogen) atoms. The summed E-state index contributed by atoms with van der Waals surface area (Å²) in [4.78, 5) is 25.5. The third-order valence-corrected chi connectivity index (χ3v) is 11.8. The van der Waals surface area contributed by atoms with E-state index in [-0.39, 0.29) is 25.2 Å². The third-order valence-electron chi connectivity index (χ3n) is 11.8. The standard InChI is InChI=1S/C63H106O5/c1-4-7-10-13-16-19-22-25-28-30-32-34-36-38-41-44-47-50-53-56-62(64)67-60-61(59-66-58-55-52-49-46-43-40-27-24-21-18-15-12-9-6-3)68-63(65)57-54-51-48-45-42-39-37-35-33-31-29-26-23-20-17-14-11-8-5-2/h7-8,10-11,16-17,19-21,24-26,28-29,32-35,61H,4-6,9,12-15,18,22-23,27,30-31,36-60H2,1-3H3/b10-7-,11-8-,19-16-,20-17-,24-21-,28-25-,29-26-,34-32-,35-33-. The molecular weight excluding hydrogens is 837 g/mol. The Morgan fingerprint density at radius 3 is 1.07 bits per heavy atom. The van der Waals surface area contributed by atoms with Gasteiger partial charge in [0.05, 0.1) is 6.61 Å². The molecular formula is C63H106O5. The Hall–Kier alpha value is -3.44. The topological polar surface area (TPSA) is 61.8 Å². The van der Waals surface area contributed by atoms with E-state index >= 15 is 0 Å². The average Bonchev–Trinajstić information content (AvgIpc) is 3.34. The van der Waals surface area contributed by atoms with Crippen LogP contribution in [-0.2, 0) is 23.8 Å². The zero-order valence-corrected chi connectivity index (χ0v) is 44.6. The fourth-order valence-corrected chi connectivity index (χ4v) is 7.60. The van der Waals surface area contributed by atoms with Crippen molar-refractivity contribution in [2.75, 3.05) is 19.8 Å². The summed E-state index contributed by atoms with van der Waals surface area (Å²) in [6.45, 7) is 7.55. The van der Waals surface area contributed by atoms with Crippen LogP contribution in [0, 0.1) is 0 Å². The van der Waals surface area contributed by atoms with Crippen LogP contribution in [0.2, 0.25) is 0 Å². The monoisotopic (exact) mass is 943 g/mol. The number of ether oxygens (including phenoxy) is 3. The molecule has 0 heterocycles. The van der Waals surface area contributed by atoms with Crippen LogP contribution < -0.4 is 0 Å². The molecule has 0 aliphatic carbocycles. The lowest BCUT2D eigenvalue weighted by atomic mass is 10.1. The summed E-state index contributed by atoms with van der Waals surface area (Å²) in [7, 11) is 0. The fourth-order valence-electron chi connectivity index (χ4n) is 7.60. The molecule has 1 atom stereocenters. The molecule has 0 aliphatic heterocycles. The number of esters is 2. The smallest absolute Gasteiger partial charge is 0.306 e. The van der Waals surface area contributed by atoms with Crippen molar-refractivity contribution in [2.45, 2.75) is 258 Å². The van der Waals surface area contributed by atoms with E-state index in [2.05, 4.69) is 130 Å². The van der Waals surface area contributed by atoms with Crippen molar-refractivity contribution in [2.24, 2.45) is 0 Å². The maximum atomic E-state index is 12.9. The van der Waals surface area contributed by atoms with E-state index in [0.717, 1.165) is 116 Å². The number of rotatable bonds is 51. The van der Waals surface area contributed by atoms with Crippen LogP contribution in [0.4, 0.5) is 0 Å². The van der Waals surface area contributed by atoms with Gasteiger partial charge in [-0.05, 0) is 122 Å². The summed E-state index contributed by atoms with van der Waals surface area (Å²) in [6, 6.07) is 0. The maximum Gasteiger partial charge on any atom is 0.306 e. The first kappa shape index (κ1) is 64.6. The molecule has 0 aliphatic rings. The molecule has 0 amide bonds. The summed E-state index contributed by atoms with van der Waals surface area (Å²) < 4.78 is 17.4. The number of carbonyl (C=O) groups excluding carboxylic acids is 2. The zero-order chi connectivity index (χ0) is 49.2. The van der Waals surface area contributed by atoms with Crippen molar-refractivity contribution in [3.63, 3.8) is 0 Å². The van der Waals surface area contributed by atoms with Crippen molar-refractivity contribution in [3.05, 3.63) is 109 Å². The number of unbranched alkanes of at least 4 members (excludes halogenated alkanes) is 22. The van der Waals surface area contributed by atoms with Gasteiger partial charge in [0.25, 0.3) is 0 Å². The van der Waals surface area contributed by atoms with Crippen LogP contribution in [0.1, 0.15) is 252 Å². The van der Waals surface area contributed by atoms with Gasteiger partial charge in [-0.1, -0.05) is 226 Å². The highest BCUT2D eigenvalue weighted by Gasteiger charge is 2.17. The quantitative estimate of drug-likeness (QED) is 0.0345. The van der Waals surface area contributed by atoms with E-state index in [1.165, 1.54) is 103 Å². The first-order chi connectivity index (χ1) is 33.6. The molecule has 0 saturated heterocycles. The van der Waals surface area contributed by atoms with Gasteiger partial charge in [0, 0.05) is 19.4 Å². The maximum absolute atomic E-state index is 12.9. The van der Waals surface area contributed by atoms with Crippen LogP contribution in [0.5, 0.6) is 0 Å². The van der Waals surface area contributed by atoms with E-state index in [0.29, 0.717) is 19.4 Å². The minimum absolute atomic E-state index is 0.0638. The second kappa shape index (κ2) is 57.9. The minimum atomic E-state index is -0.560. The summed E-state index contributed by atoms with van der Waals surface area (Å²) in [6.07, 6.45) is 79.6. The van der Waals surface area contributed by atoms with Crippen LogP contribution in [0.25, 0.3) is 0 Å². The second-order valence-corrected chi connectivity index (χ2v) is 18.4. The number of carbonyl (C=O) groups is 2. The Morgan fingerprint density at radius 1 is 0.338 bits per heavy atom. The summed E-state index contributed by atoms with van der Waals surface area (Å²) in [5.41, 5.74) is 0. The predicted molar refractivity (Wildman–Crippen MR) is 297 cm³/mol. The van der Waals surface area contributed by atoms with E-state index in [4.69, 9.17) is 14.2 Å². The molecule has 0 rings (SSSR count). The van der Waals surface area contributed by atoms with Gasteiger partial charge in [-0.25, -0.2) is 0 Å². The molecule has 0 N–H and O–H groups in total. The first-order valence-corrected chi connectivity index (χ1v) is 28.4. The highest BCUT2D eigenvalue weighted by molar-refractivity contribution is 5.70. The van der Waals surface area contributed by atoms with Crippen molar-refractivity contribution in [1.29, 1.82) is 0 Å². The summed E-state index contributed by atoms with van der Waals surface area (Å²) in [5, 5.41) is 0. The fraction of sp³-hybridized carbons (Fsp3) is 0.683. The summed E-state index contributed by atoms with van der Waals surface area (Å²) in [5.74, 6) is -0.433. The molecule has 0 aromatic rings. The summed E-state index contributed by atoms with van der Waals surface area (Å²) >= 11 is 0. The molecule has 0 saturated carbocycles. The molecule has 388 valence electrons. The van der Waals surface area contributed by atoms with E-state index in [9.17, 15) is 9.59 Å². The molecule has 0 bridgehead atoms. The molecule has 5 nitrogen and oxygen atoms in total. The normalized spacial score (nSPS) is 13.0. The highest BCUT2D eigenvalue weighted by atomic mass is 16.6. The lowest BCUT2D eigenvalue weighted by Crippen LogP contribution is -2.30. The van der Waals surface area contributed by atoms with Crippen LogP contribution in [-0.4, -0.2) is 37.9 Å². The van der Waals surface area contributed by atoms with Crippen LogP contribution in [0.3, 0.4) is 0 Å². The van der Waals surface area contributed by atoms with Gasteiger partial charge >= 0.3 is 11.9 Å². The minimum Gasteiger partial charge on any atom is -0.462 e. The van der Waals surface area contributed by atoms with Crippen molar-refractivity contribution in [1.82, 2.24) is 0 Å². The zero-order valence-electron chi connectivity index (χ0n) is 44.6. The molecule has 0 aromatic carbocycles. The molecule has 0 aromatic heterocycles. The molecule has 0 radical (unpaired) electrons. The Labute approximate surface area is 421 Å². The Bertz CT molecular complexity index is 1340. The van der Waals surface area contributed by atoms with E-state index < -0.39 is 6.10 Å². The Balaban J connectivity index is 4.35. The van der Waals surface area contributed by atoms with Gasteiger partial charge < -0.3 is 14.2 Å². The van der Waals surface area contributed by atoms with Crippen LogP contribution in [0.15, 0.2) is 109 Å². The number of hydrogen-bond acceptors (Lipinski definition) is 5. The number of allylic oxidation sites excluding steroid dienone is 18. The van der Waals surface area contributed by atoms with Gasteiger partial charge in [-0.2, -0.15) is 0 Å². The van der Waals surface area contributed by atoms with Gasteiger partial charge in [0.1, 0.15) is 6.61 Å². The van der Waals surface area contributed by atoms with Gasteiger partial charge in [-0.3, -0.25) is 9.59 Å². The van der Waals surface area contributed by atoms with Crippen molar-refractivity contribution in [3.8, 4) is 0 Å². The SMILES string of the molecule is CC/C=C\C/C=C\C/C=C\C/C=C\CCCCCCCCC(=O)OCC(COCCCCCCCC/C=C\CCCCCC)OC(=O)CCCCCCCC/C=C\C/C=C\C/C=C\C/C=C\CC. The van der Waals surface area contributed by atoms with E-state index in [1.54, 1.807) is 0 Å². The Morgan fingerprint density at radius 2 is 0.662 bits per heavy atom. The highest BCUT2D eigenvalue weighted by Crippen LogP contribution is 2.14. The van der Waals surface area contributed by atoms with Crippen molar-refractivity contribution < 1.29 is 23.8 Å². The lowest BCUT2D eigenvalue weighted by molar-refractivity contribution is -0.163. The van der Waals surface area contributed by atoms with Crippen LogP contribution >= 0.6 is 0 Å². The third kappa shape index (κ3) is 55.2. The number of hydrogen-bond donors (Lipinski definition) is 0. The second-order valence-electron chi connectivity index (χ2n) is 18.4. The molecule has 1 unspecified atom stereocenters. The van der Waals surface area contributed by atoms with Gasteiger partial charge in [0.2, 0.25) is 0 Å². The van der Waals surface area contributed by atoms with E-state index in [1.807, 2.05) is 0 Å². The Kier molecular flexibility index (Phi) is 54.9. The molecule has 0 fully saturated rings. The molecule has 5 heteroatoms. The first-order valence-electron chi connectivity index (χ1n) is 28.4. The largest absolute Gasteiger partial charge is 0.462 e. The average molecular weight is 944 g/mol. The predicted octanol–water partition coefficient (Wildman–Crippen LogP) is 19.6. The van der Waals surface area contributed by atoms with Gasteiger partial charge in [0.15, 0.2) is 6.10 Å². The molecule has 0 spiro atoms. The van der Waals surface area contributed by atoms with Gasteiger partial charge in [-0.15, -0.1) is 0 Å². The van der Waals surface area contributed by atoms with Crippen molar-refractivity contribution >= 4 is 11.9 Å². The lowest BCUT2D eigenvalue weighted by Gasteiger charge is -2.18.